The van der Waals surface area contributed by atoms with Gasteiger partial charge in [-0.05, 0) is 37.1 Å². The van der Waals surface area contributed by atoms with Gasteiger partial charge in [-0.1, -0.05) is 37.5 Å². The summed E-state index contributed by atoms with van der Waals surface area (Å²) in [6.07, 6.45) is 4.73. The number of carbonyl (C=O) groups is 1. The smallest absolute Gasteiger partial charge is 0.325 e. The first-order valence-electron chi connectivity index (χ1n) is 10.1. The molecule has 0 spiro atoms. The van der Waals surface area contributed by atoms with Crippen molar-refractivity contribution < 1.29 is 13.2 Å². The van der Waals surface area contributed by atoms with Crippen LogP contribution in [-0.2, 0) is 28.7 Å². The molecule has 3 aromatic rings. The third-order valence-corrected chi connectivity index (χ3v) is 7.76. The van der Waals surface area contributed by atoms with Crippen molar-refractivity contribution >= 4 is 32.5 Å². The number of aryl methyl sites for hydroxylation is 2. The largest absolute Gasteiger partial charge is 0.328 e. The first kappa shape index (κ1) is 20.4. The van der Waals surface area contributed by atoms with E-state index in [1.165, 1.54) is 27.3 Å². The molecule has 1 amide bonds. The topological polar surface area (TPSA) is 90.2 Å². The lowest BCUT2D eigenvalue weighted by Crippen LogP contribution is -2.25. The number of rotatable bonds is 4. The molecule has 0 aliphatic heterocycles. The molecule has 158 valence electrons. The normalized spacial score (nSPS) is 15.4. The molecule has 2 aromatic carbocycles. The highest BCUT2D eigenvalue weighted by molar-refractivity contribution is 7.91. The predicted molar refractivity (Wildman–Crippen MR) is 115 cm³/mol. The Balaban J connectivity index is 1.88. The summed E-state index contributed by atoms with van der Waals surface area (Å²) in [5.41, 5.74) is 1.01. The van der Waals surface area contributed by atoms with Crippen LogP contribution in [0.15, 0.2) is 57.1 Å². The van der Waals surface area contributed by atoms with Gasteiger partial charge in [-0.3, -0.25) is 13.9 Å². The molecule has 0 bridgehead atoms. The van der Waals surface area contributed by atoms with Gasteiger partial charge in [-0.15, -0.1) is 0 Å². The van der Waals surface area contributed by atoms with E-state index in [4.69, 9.17) is 0 Å². The molecule has 1 aromatic heterocycles. The van der Waals surface area contributed by atoms with E-state index in [1.807, 2.05) is 0 Å². The highest BCUT2D eigenvalue weighted by Gasteiger charge is 2.27. The number of imidazole rings is 1. The molecule has 0 saturated heterocycles. The van der Waals surface area contributed by atoms with E-state index in [9.17, 15) is 18.0 Å². The fourth-order valence-corrected chi connectivity index (χ4v) is 5.61. The molecular weight excluding hydrogens is 402 g/mol. The number of anilines is 1. The zero-order valence-corrected chi connectivity index (χ0v) is 17.9. The quantitative estimate of drug-likeness (QED) is 0.692. The van der Waals surface area contributed by atoms with E-state index in [-0.39, 0.29) is 33.0 Å². The molecule has 0 radical (unpaired) electrons. The first-order valence-corrected chi connectivity index (χ1v) is 11.6. The summed E-state index contributed by atoms with van der Waals surface area (Å²) in [4.78, 5) is 25.4. The SMILES string of the molecule is Cn1c(=O)n(C)c2cc(S(=O)(=O)c3ccccc3)c(NC(=O)C3CCCCC3)cc21. The van der Waals surface area contributed by atoms with Crippen LogP contribution in [0, 0.1) is 5.92 Å². The minimum Gasteiger partial charge on any atom is -0.325 e. The van der Waals surface area contributed by atoms with E-state index in [0.29, 0.717) is 11.0 Å². The van der Waals surface area contributed by atoms with Gasteiger partial charge >= 0.3 is 5.69 Å². The van der Waals surface area contributed by atoms with Gasteiger partial charge in [-0.2, -0.15) is 0 Å². The summed E-state index contributed by atoms with van der Waals surface area (Å²) in [7, 11) is -0.668. The van der Waals surface area contributed by atoms with E-state index < -0.39 is 9.84 Å². The van der Waals surface area contributed by atoms with Crippen LogP contribution in [0.4, 0.5) is 5.69 Å². The Kier molecular flexibility index (Phi) is 5.27. The zero-order valence-electron chi connectivity index (χ0n) is 17.1. The number of hydrogen-bond donors (Lipinski definition) is 1. The van der Waals surface area contributed by atoms with Crippen LogP contribution in [0.5, 0.6) is 0 Å². The van der Waals surface area contributed by atoms with Crippen molar-refractivity contribution in [3.05, 3.63) is 52.9 Å². The number of aromatic nitrogens is 2. The van der Waals surface area contributed by atoms with E-state index >= 15 is 0 Å². The van der Waals surface area contributed by atoms with Gasteiger partial charge in [0.05, 0.1) is 26.5 Å². The number of amides is 1. The summed E-state index contributed by atoms with van der Waals surface area (Å²) in [5, 5.41) is 2.86. The average Bonchev–Trinajstić information content (AvgIpc) is 2.98. The Hall–Kier alpha value is -2.87. The summed E-state index contributed by atoms with van der Waals surface area (Å²) in [5.74, 6) is -0.291. The van der Waals surface area contributed by atoms with Crippen molar-refractivity contribution in [2.24, 2.45) is 20.0 Å². The van der Waals surface area contributed by atoms with Crippen molar-refractivity contribution in [1.82, 2.24) is 9.13 Å². The van der Waals surface area contributed by atoms with Crippen LogP contribution in [0.25, 0.3) is 11.0 Å². The maximum absolute atomic E-state index is 13.4. The summed E-state index contributed by atoms with van der Waals surface area (Å²) in [6.45, 7) is 0. The van der Waals surface area contributed by atoms with E-state index in [2.05, 4.69) is 5.32 Å². The molecule has 1 fully saturated rings. The van der Waals surface area contributed by atoms with Crippen LogP contribution in [0.2, 0.25) is 0 Å². The molecule has 1 N–H and O–H groups in total. The Labute approximate surface area is 175 Å². The third kappa shape index (κ3) is 3.45. The second-order valence-electron chi connectivity index (χ2n) is 7.88. The van der Waals surface area contributed by atoms with Gasteiger partial charge in [0.1, 0.15) is 0 Å². The van der Waals surface area contributed by atoms with Crippen molar-refractivity contribution in [1.29, 1.82) is 0 Å². The van der Waals surface area contributed by atoms with Gasteiger partial charge in [0, 0.05) is 20.0 Å². The van der Waals surface area contributed by atoms with E-state index in [0.717, 1.165) is 32.1 Å². The second kappa shape index (κ2) is 7.75. The average molecular weight is 428 g/mol. The van der Waals surface area contributed by atoms with Gasteiger partial charge in [0.2, 0.25) is 15.7 Å². The lowest BCUT2D eigenvalue weighted by atomic mass is 9.88. The fourth-order valence-electron chi connectivity index (χ4n) is 4.17. The fraction of sp³-hybridized carbons (Fsp3) is 0.364. The van der Waals surface area contributed by atoms with Crippen molar-refractivity contribution in [2.45, 2.75) is 41.9 Å². The van der Waals surface area contributed by atoms with Gasteiger partial charge < -0.3 is 5.32 Å². The van der Waals surface area contributed by atoms with Gasteiger partial charge in [-0.25, -0.2) is 13.2 Å². The minimum atomic E-state index is -3.90. The maximum atomic E-state index is 13.4. The molecule has 1 aliphatic carbocycles. The Morgan fingerprint density at radius 2 is 1.57 bits per heavy atom. The first-order chi connectivity index (χ1) is 14.3. The second-order valence-corrected chi connectivity index (χ2v) is 9.80. The Morgan fingerprint density at radius 1 is 0.967 bits per heavy atom. The molecule has 4 rings (SSSR count). The highest BCUT2D eigenvalue weighted by atomic mass is 32.2. The van der Waals surface area contributed by atoms with Crippen LogP contribution in [-0.4, -0.2) is 23.5 Å². The van der Waals surface area contributed by atoms with Crippen LogP contribution >= 0.6 is 0 Å². The molecule has 0 unspecified atom stereocenters. The number of fused-ring (bicyclic) bond motifs is 1. The van der Waals surface area contributed by atoms with Crippen molar-refractivity contribution in [3.8, 4) is 0 Å². The molecule has 1 aliphatic rings. The van der Waals surface area contributed by atoms with Crippen LogP contribution in [0.1, 0.15) is 32.1 Å². The number of nitrogens with zero attached hydrogens (tertiary/aromatic N) is 2. The number of sulfone groups is 1. The zero-order chi connectivity index (χ0) is 21.5. The third-order valence-electron chi connectivity index (χ3n) is 5.95. The number of nitrogens with one attached hydrogen (secondary N) is 1. The van der Waals surface area contributed by atoms with Crippen LogP contribution in [0.3, 0.4) is 0 Å². The number of benzene rings is 2. The molecule has 0 atom stereocenters. The standard InChI is InChI=1S/C22H25N3O4S/c1-24-18-13-17(23-21(26)15-9-5-3-6-10-15)20(14-19(18)25(2)22(24)27)30(28,29)16-11-7-4-8-12-16/h4,7-8,11-15H,3,5-6,9-10H2,1-2H3,(H,23,26). The van der Waals surface area contributed by atoms with Crippen molar-refractivity contribution in [2.75, 3.05) is 5.32 Å². The minimum absolute atomic E-state index is 0.00782. The Bertz CT molecular complexity index is 1270. The van der Waals surface area contributed by atoms with Gasteiger partial charge in [0.25, 0.3) is 0 Å². The Morgan fingerprint density at radius 3 is 2.20 bits per heavy atom. The molecule has 1 saturated carbocycles. The summed E-state index contributed by atoms with van der Waals surface area (Å²) >= 11 is 0. The monoisotopic (exact) mass is 427 g/mol. The maximum Gasteiger partial charge on any atom is 0.328 e. The van der Waals surface area contributed by atoms with Crippen LogP contribution < -0.4 is 11.0 Å². The predicted octanol–water partition coefficient (Wildman–Crippen LogP) is 3.23. The number of carbonyl (C=O) groups excluding carboxylic acids is 1. The van der Waals surface area contributed by atoms with E-state index in [1.54, 1.807) is 38.4 Å². The number of hydrogen-bond acceptors (Lipinski definition) is 4. The molecule has 1 heterocycles. The molecule has 8 heteroatoms. The lowest BCUT2D eigenvalue weighted by Gasteiger charge is -2.21. The highest BCUT2D eigenvalue weighted by Crippen LogP contribution is 2.33. The summed E-state index contributed by atoms with van der Waals surface area (Å²) < 4.78 is 29.7. The van der Waals surface area contributed by atoms with Gasteiger partial charge in [0.15, 0.2) is 0 Å². The van der Waals surface area contributed by atoms with Crippen molar-refractivity contribution in [3.63, 3.8) is 0 Å². The molecule has 7 nitrogen and oxygen atoms in total. The summed E-state index contributed by atoms with van der Waals surface area (Å²) in [6, 6.07) is 11.2. The molecular formula is C22H25N3O4S. The molecule has 30 heavy (non-hydrogen) atoms. The lowest BCUT2D eigenvalue weighted by molar-refractivity contribution is -0.120.